The van der Waals surface area contributed by atoms with Gasteiger partial charge in [0, 0.05) is 43.8 Å². The molecule has 1 aliphatic rings. The van der Waals surface area contributed by atoms with Gasteiger partial charge in [-0.2, -0.15) is 4.31 Å². The Labute approximate surface area is 183 Å². The van der Waals surface area contributed by atoms with Crippen LogP contribution >= 0.6 is 0 Å². The summed E-state index contributed by atoms with van der Waals surface area (Å²) in [5.74, 6) is -0.0957. The highest BCUT2D eigenvalue weighted by Gasteiger charge is 2.31. The average molecular weight is 440 g/mol. The first-order valence-corrected chi connectivity index (χ1v) is 12.3. The lowest BCUT2D eigenvalue weighted by molar-refractivity contribution is -0.126. The molecule has 7 heteroatoms. The van der Waals surface area contributed by atoms with Crippen LogP contribution in [0.1, 0.15) is 24.8 Å². The normalized spacial score (nSPS) is 15.9. The van der Waals surface area contributed by atoms with Crippen LogP contribution in [0.5, 0.6) is 0 Å². The van der Waals surface area contributed by atoms with Gasteiger partial charge in [-0.3, -0.25) is 4.79 Å². The lowest BCUT2D eigenvalue weighted by atomic mass is 9.97. The Hall–Kier alpha value is -2.64. The van der Waals surface area contributed by atoms with Gasteiger partial charge < -0.3 is 9.88 Å². The van der Waals surface area contributed by atoms with Gasteiger partial charge in [-0.15, -0.1) is 0 Å². The lowest BCUT2D eigenvalue weighted by Gasteiger charge is -2.30. The number of piperidine rings is 1. The molecule has 1 N–H and O–H groups in total. The molecule has 0 saturated carbocycles. The van der Waals surface area contributed by atoms with Gasteiger partial charge in [0.05, 0.1) is 4.90 Å². The summed E-state index contributed by atoms with van der Waals surface area (Å²) >= 11 is 0. The second kappa shape index (κ2) is 9.24. The number of rotatable bonds is 7. The van der Waals surface area contributed by atoms with Crippen LogP contribution in [0, 0.1) is 12.8 Å². The number of nitrogens with zero attached hydrogens (tertiary/aromatic N) is 2. The van der Waals surface area contributed by atoms with Crippen LogP contribution in [0.2, 0.25) is 0 Å². The van der Waals surface area contributed by atoms with Crippen molar-refractivity contribution in [3.8, 4) is 0 Å². The van der Waals surface area contributed by atoms with Crippen LogP contribution in [0.15, 0.2) is 65.7 Å². The molecule has 0 atom stereocenters. The Bertz CT molecular complexity index is 1140. The fraction of sp³-hybridized carbons (Fsp3) is 0.375. The summed E-state index contributed by atoms with van der Waals surface area (Å²) in [4.78, 5) is 12.9. The number of carbonyl (C=O) groups is 1. The second-order valence-corrected chi connectivity index (χ2v) is 10.1. The van der Waals surface area contributed by atoms with Gasteiger partial charge in [0.25, 0.3) is 0 Å². The maximum atomic E-state index is 12.8. The zero-order valence-electron chi connectivity index (χ0n) is 17.8. The number of fused-ring (bicyclic) bond motifs is 1. The molecule has 1 amide bonds. The summed E-state index contributed by atoms with van der Waals surface area (Å²) in [6, 6.07) is 17.3. The van der Waals surface area contributed by atoms with Crippen molar-refractivity contribution in [3.05, 3.63) is 66.4 Å². The SMILES string of the molecule is Cc1ccc(S(=O)(=O)N2CCC(C(=O)NCCCn3ccc4ccccc43)CC2)cc1. The van der Waals surface area contributed by atoms with E-state index in [0.29, 0.717) is 37.4 Å². The smallest absolute Gasteiger partial charge is 0.243 e. The third-order valence-corrected chi connectivity index (χ3v) is 7.95. The van der Waals surface area contributed by atoms with E-state index in [0.717, 1.165) is 18.5 Å². The van der Waals surface area contributed by atoms with Crippen molar-refractivity contribution in [2.24, 2.45) is 5.92 Å². The molecule has 1 saturated heterocycles. The summed E-state index contributed by atoms with van der Waals surface area (Å²) < 4.78 is 29.3. The quantitative estimate of drug-likeness (QED) is 0.572. The highest BCUT2D eigenvalue weighted by Crippen LogP contribution is 2.24. The molecule has 31 heavy (non-hydrogen) atoms. The predicted octanol–water partition coefficient (Wildman–Crippen LogP) is 3.56. The number of hydrogen-bond donors (Lipinski definition) is 1. The van der Waals surface area contributed by atoms with Gasteiger partial charge in [0.15, 0.2) is 0 Å². The lowest BCUT2D eigenvalue weighted by Crippen LogP contribution is -2.43. The summed E-state index contributed by atoms with van der Waals surface area (Å²) in [5.41, 5.74) is 2.23. The summed E-state index contributed by atoms with van der Waals surface area (Å²) in [5, 5.41) is 4.26. The maximum absolute atomic E-state index is 12.8. The fourth-order valence-corrected chi connectivity index (χ4v) is 5.63. The number of aromatic nitrogens is 1. The second-order valence-electron chi connectivity index (χ2n) is 8.20. The third kappa shape index (κ3) is 4.83. The molecule has 0 aliphatic carbocycles. The molecule has 6 nitrogen and oxygen atoms in total. The minimum Gasteiger partial charge on any atom is -0.356 e. The van der Waals surface area contributed by atoms with Crippen LogP contribution in [-0.2, 0) is 21.4 Å². The molecule has 164 valence electrons. The van der Waals surface area contributed by atoms with E-state index in [2.05, 4.69) is 34.3 Å². The van der Waals surface area contributed by atoms with Gasteiger partial charge in [-0.25, -0.2) is 8.42 Å². The Kier molecular flexibility index (Phi) is 6.43. The minimum atomic E-state index is -3.49. The maximum Gasteiger partial charge on any atom is 0.243 e. The molecule has 0 spiro atoms. The Morgan fingerprint density at radius 2 is 1.74 bits per heavy atom. The van der Waals surface area contributed by atoms with Gasteiger partial charge in [0.2, 0.25) is 15.9 Å². The first-order chi connectivity index (χ1) is 14.9. The van der Waals surface area contributed by atoms with E-state index in [-0.39, 0.29) is 11.8 Å². The molecule has 2 heterocycles. The number of amides is 1. The molecule has 0 bridgehead atoms. The van der Waals surface area contributed by atoms with E-state index < -0.39 is 10.0 Å². The number of nitrogens with one attached hydrogen (secondary N) is 1. The molecular weight excluding hydrogens is 410 g/mol. The van der Waals surface area contributed by atoms with E-state index in [1.807, 2.05) is 31.2 Å². The largest absolute Gasteiger partial charge is 0.356 e. The number of sulfonamides is 1. The van der Waals surface area contributed by atoms with Crippen molar-refractivity contribution in [1.82, 2.24) is 14.2 Å². The number of benzene rings is 2. The van der Waals surface area contributed by atoms with Crippen molar-refractivity contribution in [3.63, 3.8) is 0 Å². The first-order valence-electron chi connectivity index (χ1n) is 10.8. The monoisotopic (exact) mass is 439 g/mol. The third-order valence-electron chi connectivity index (χ3n) is 6.04. The summed E-state index contributed by atoms with van der Waals surface area (Å²) in [7, 11) is -3.49. The number of aryl methyl sites for hydroxylation is 2. The molecule has 3 aromatic rings. The highest BCUT2D eigenvalue weighted by atomic mass is 32.2. The number of para-hydroxylation sites is 1. The Morgan fingerprint density at radius 1 is 1.03 bits per heavy atom. The molecule has 1 aliphatic heterocycles. The van der Waals surface area contributed by atoms with E-state index in [1.54, 1.807) is 12.1 Å². The summed E-state index contributed by atoms with van der Waals surface area (Å²) in [6.07, 6.45) is 4.04. The standard InChI is InChI=1S/C24H29N3O3S/c1-19-7-9-22(10-8-19)31(29,30)27-17-12-21(13-18-27)24(28)25-14-4-15-26-16-11-20-5-2-3-6-23(20)26/h2-3,5-11,16,21H,4,12-15,17-18H2,1H3,(H,25,28). The zero-order valence-corrected chi connectivity index (χ0v) is 18.6. The molecule has 1 fully saturated rings. The molecule has 1 aromatic heterocycles. The van der Waals surface area contributed by atoms with Crippen LogP contribution in [0.3, 0.4) is 0 Å². The topological polar surface area (TPSA) is 71.4 Å². The number of hydrogen-bond acceptors (Lipinski definition) is 3. The van der Waals surface area contributed by atoms with E-state index in [9.17, 15) is 13.2 Å². The van der Waals surface area contributed by atoms with Gasteiger partial charge in [-0.05, 0) is 55.8 Å². The zero-order chi connectivity index (χ0) is 21.8. The van der Waals surface area contributed by atoms with Crippen LogP contribution < -0.4 is 5.32 Å². The van der Waals surface area contributed by atoms with E-state index >= 15 is 0 Å². The summed E-state index contributed by atoms with van der Waals surface area (Å²) in [6.45, 7) is 4.16. The first kappa shape index (κ1) is 21.6. The molecule has 4 rings (SSSR count). The van der Waals surface area contributed by atoms with Crippen LogP contribution in [-0.4, -0.2) is 42.8 Å². The van der Waals surface area contributed by atoms with Crippen LogP contribution in [0.25, 0.3) is 10.9 Å². The predicted molar refractivity (Wildman–Crippen MR) is 122 cm³/mol. The molecule has 0 unspecified atom stereocenters. The molecular formula is C24H29N3O3S. The van der Waals surface area contributed by atoms with Crippen molar-refractivity contribution in [2.45, 2.75) is 37.6 Å². The van der Waals surface area contributed by atoms with Crippen molar-refractivity contribution >= 4 is 26.8 Å². The van der Waals surface area contributed by atoms with Crippen molar-refractivity contribution < 1.29 is 13.2 Å². The average Bonchev–Trinajstić information content (AvgIpc) is 3.20. The Morgan fingerprint density at radius 3 is 2.48 bits per heavy atom. The highest BCUT2D eigenvalue weighted by molar-refractivity contribution is 7.89. The van der Waals surface area contributed by atoms with Crippen molar-refractivity contribution in [1.29, 1.82) is 0 Å². The van der Waals surface area contributed by atoms with Gasteiger partial charge >= 0.3 is 0 Å². The van der Waals surface area contributed by atoms with Crippen molar-refractivity contribution in [2.75, 3.05) is 19.6 Å². The molecule has 2 aromatic carbocycles. The van der Waals surface area contributed by atoms with E-state index in [1.165, 1.54) is 15.2 Å². The van der Waals surface area contributed by atoms with E-state index in [4.69, 9.17) is 0 Å². The van der Waals surface area contributed by atoms with Gasteiger partial charge in [0.1, 0.15) is 0 Å². The van der Waals surface area contributed by atoms with Gasteiger partial charge in [-0.1, -0.05) is 35.9 Å². The van der Waals surface area contributed by atoms with Crippen LogP contribution in [0.4, 0.5) is 0 Å². The minimum absolute atomic E-state index is 0.0322. The fourth-order valence-electron chi connectivity index (χ4n) is 4.16. The number of carbonyl (C=O) groups excluding carboxylic acids is 1. The Balaban J connectivity index is 1.23. The molecule has 0 radical (unpaired) electrons.